The van der Waals surface area contributed by atoms with Crippen LogP contribution in [0.5, 0.6) is 0 Å². The molecule has 3 rings (SSSR count). The van der Waals surface area contributed by atoms with Crippen LogP contribution in [-0.2, 0) is 18.3 Å². The molecule has 2 N–H and O–H groups in total. The number of rotatable bonds is 6. The second-order valence-electron chi connectivity index (χ2n) is 6.88. The molecule has 1 atom stereocenters. The van der Waals surface area contributed by atoms with Crippen LogP contribution in [0.4, 0.5) is 5.69 Å². The van der Waals surface area contributed by atoms with Gasteiger partial charge in [-0.05, 0) is 12.5 Å². The number of aliphatic hydroxyl groups excluding tert-OH is 1. The molecule has 0 saturated carbocycles. The highest BCUT2D eigenvalue weighted by Gasteiger charge is 2.27. The lowest BCUT2D eigenvalue weighted by molar-refractivity contribution is -0.120. The summed E-state index contributed by atoms with van der Waals surface area (Å²) in [4.78, 5) is 20.9. The van der Waals surface area contributed by atoms with E-state index in [2.05, 4.69) is 15.4 Å². The summed E-state index contributed by atoms with van der Waals surface area (Å²) >= 11 is 0. The van der Waals surface area contributed by atoms with Crippen molar-refractivity contribution in [1.82, 2.24) is 20.0 Å². The highest BCUT2D eigenvalue weighted by atomic mass is 16.3. The maximum Gasteiger partial charge on any atom is 0.246 e. The molecule has 150 valence electrons. The Bertz CT molecular complexity index is 804. The monoisotopic (exact) mass is 384 g/mol. The molecule has 1 unspecified atom stereocenters. The summed E-state index contributed by atoms with van der Waals surface area (Å²) < 4.78 is 1.69. The lowest BCUT2D eigenvalue weighted by Gasteiger charge is -2.35. The van der Waals surface area contributed by atoms with E-state index in [1.165, 1.54) is 0 Å². The van der Waals surface area contributed by atoms with Gasteiger partial charge in [0.15, 0.2) is 5.96 Å². The fourth-order valence-electron chi connectivity index (χ4n) is 3.24. The molecule has 28 heavy (non-hydrogen) atoms. The number of hydrogen-bond donors (Lipinski definition) is 2. The number of aryl methyl sites for hydroxylation is 1. The molecule has 1 saturated heterocycles. The molecular formula is C20H28N6O2. The van der Waals surface area contributed by atoms with Crippen molar-refractivity contribution in [3.63, 3.8) is 0 Å². The summed E-state index contributed by atoms with van der Waals surface area (Å²) in [6.45, 7) is 4.46. The normalized spacial score (nSPS) is 16.4. The first kappa shape index (κ1) is 19.9. The Kier molecular flexibility index (Phi) is 6.65. The number of benzene rings is 1. The van der Waals surface area contributed by atoms with Gasteiger partial charge in [0.05, 0.1) is 24.5 Å². The smallest absolute Gasteiger partial charge is 0.246 e. The first-order valence-electron chi connectivity index (χ1n) is 9.61. The van der Waals surface area contributed by atoms with Crippen LogP contribution in [0.25, 0.3) is 0 Å². The zero-order valence-electron chi connectivity index (χ0n) is 16.5. The Morgan fingerprint density at radius 3 is 2.75 bits per heavy atom. The minimum absolute atomic E-state index is 0.00897. The SMILES string of the molecule is CCNC(=NCC(O)Cc1ccccc1)N1CCN(c2cnn(C)c2)C(=O)C1. The van der Waals surface area contributed by atoms with Gasteiger partial charge in [0.25, 0.3) is 0 Å². The number of hydrogen-bond acceptors (Lipinski definition) is 4. The van der Waals surface area contributed by atoms with E-state index in [4.69, 9.17) is 0 Å². The third-order valence-corrected chi connectivity index (χ3v) is 4.62. The molecule has 0 spiro atoms. The van der Waals surface area contributed by atoms with E-state index in [1.54, 1.807) is 15.8 Å². The second-order valence-corrected chi connectivity index (χ2v) is 6.88. The largest absolute Gasteiger partial charge is 0.391 e. The Morgan fingerprint density at radius 2 is 2.11 bits per heavy atom. The predicted molar refractivity (Wildman–Crippen MR) is 109 cm³/mol. The Balaban J connectivity index is 1.60. The molecule has 2 aromatic rings. The minimum atomic E-state index is -0.566. The van der Waals surface area contributed by atoms with Crippen molar-refractivity contribution in [2.45, 2.75) is 19.4 Å². The molecule has 0 bridgehead atoms. The first-order chi connectivity index (χ1) is 13.6. The number of aliphatic hydroxyl groups is 1. The van der Waals surface area contributed by atoms with Gasteiger partial charge in [0.2, 0.25) is 5.91 Å². The van der Waals surface area contributed by atoms with Gasteiger partial charge >= 0.3 is 0 Å². The van der Waals surface area contributed by atoms with E-state index >= 15 is 0 Å². The van der Waals surface area contributed by atoms with E-state index in [1.807, 2.05) is 55.4 Å². The van der Waals surface area contributed by atoms with Gasteiger partial charge in [-0.3, -0.25) is 14.5 Å². The third kappa shape index (κ3) is 5.10. The number of nitrogens with one attached hydrogen (secondary N) is 1. The Labute approximate surface area is 165 Å². The van der Waals surface area contributed by atoms with Crippen molar-refractivity contribution in [2.75, 3.05) is 37.6 Å². The van der Waals surface area contributed by atoms with Crippen LogP contribution in [0.15, 0.2) is 47.7 Å². The van der Waals surface area contributed by atoms with Crippen LogP contribution in [0, 0.1) is 0 Å². The Hall–Kier alpha value is -2.87. The van der Waals surface area contributed by atoms with E-state index in [0.29, 0.717) is 32.0 Å². The fraction of sp³-hybridized carbons (Fsp3) is 0.450. The number of amides is 1. The van der Waals surface area contributed by atoms with Crippen LogP contribution in [-0.4, -0.2) is 70.5 Å². The summed E-state index contributed by atoms with van der Waals surface area (Å²) in [7, 11) is 1.83. The molecule has 1 aromatic carbocycles. The summed E-state index contributed by atoms with van der Waals surface area (Å²) in [6.07, 6.45) is 3.53. The van der Waals surface area contributed by atoms with Crippen LogP contribution < -0.4 is 10.2 Å². The molecule has 2 heterocycles. The number of nitrogens with zero attached hydrogens (tertiary/aromatic N) is 5. The van der Waals surface area contributed by atoms with Crippen molar-refractivity contribution in [1.29, 1.82) is 0 Å². The number of anilines is 1. The van der Waals surface area contributed by atoms with E-state index < -0.39 is 6.10 Å². The average molecular weight is 384 g/mol. The van der Waals surface area contributed by atoms with Gasteiger partial charge < -0.3 is 20.2 Å². The summed E-state index contributed by atoms with van der Waals surface area (Å²) in [5, 5.41) is 17.7. The standard InChI is InChI=1S/C20H28N6O2/c1-3-21-20(22-13-18(27)11-16-7-5-4-6-8-16)25-9-10-26(19(28)15-25)17-12-23-24(2)14-17/h4-8,12,14,18,27H,3,9-11,13,15H2,1-2H3,(H,21,22). The van der Waals surface area contributed by atoms with Gasteiger partial charge in [-0.2, -0.15) is 5.10 Å². The summed E-state index contributed by atoms with van der Waals surface area (Å²) in [6, 6.07) is 9.87. The first-order valence-corrected chi connectivity index (χ1v) is 9.61. The van der Waals surface area contributed by atoms with Crippen LogP contribution >= 0.6 is 0 Å². The second kappa shape index (κ2) is 9.36. The maximum atomic E-state index is 12.6. The molecule has 0 radical (unpaired) electrons. The van der Waals surface area contributed by atoms with Crippen LogP contribution in [0.3, 0.4) is 0 Å². The number of aromatic nitrogens is 2. The molecule has 1 aliphatic heterocycles. The topological polar surface area (TPSA) is 86.0 Å². The van der Waals surface area contributed by atoms with Gasteiger partial charge in [-0.1, -0.05) is 30.3 Å². The maximum absolute atomic E-state index is 12.6. The number of aliphatic imine (C=N–C) groups is 1. The number of guanidine groups is 1. The third-order valence-electron chi connectivity index (χ3n) is 4.62. The summed E-state index contributed by atoms with van der Waals surface area (Å²) in [5.41, 5.74) is 1.89. The van der Waals surface area contributed by atoms with Crippen molar-refractivity contribution >= 4 is 17.6 Å². The van der Waals surface area contributed by atoms with Crippen molar-refractivity contribution in [2.24, 2.45) is 12.0 Å². The number of carbonyl (C=O) groups is 1. The number of piperazine rings is 1. The van der Waals surface area contributed by atoms with Crippen molar-refractivity contribution in [3.8, 4) is 0 Å². The fourth-order valence-corrected chi connectivity index (χ4v) is 3.24. The van der Waals surface area contributed by atoms with Crippen molar-refractivity contribution in [3.05, 3.63) is 48.3 Å². The molecule has 8 heteroatoms. The van der Waals surface area contributed by atoms with E-state index in [9.17, 15) is 9.90 Å². The molecule has 1 aliphatic rings. The van der Waals surface area contributed by atoms with E-state index in [0.717, 1.165) is 11.3 Å². The molecular weight excluding hydrogens is 356 g/mol. The van der Waals surface area contributed by atoms with Crippen LogP contribution in [0.2, 0.25) is 0 Å². The molecule has 1 amide bonds. The molecule has 0 aliphatic carbocycles. The zero-order valence-corrected chi connectivity index (χ0v) is 16.5. The minimum Gasteiger partial charge on any atom is -0.391 e. The van der Waals surface area contributed by atoms with Gasteiger partial charge in [-0.15, -0.1) is 0 Å². The predicted octanol–water partition coefficient (Wildman–Crippen LogP) is 0.638. The number of carbonyl (C=O) groups excluding carboxylic acids is 1. The van der Waals surface area contributed by atoms with Gasteiger partial charge in [-0.25, -0.2) is 0 Å². The highest BCUT2D eigenvalue weighted by molar-refractivity contribution is 5.98. The summed E-state index contributed by atoms with van der Waals surface area (Å²) in [5.74, 6) is 0.670. The lowest BCUT2D eigenvalue weighted by atomic mass is 10.1. The molecule has 1 aromatic heterocycles. The van der Waals surface area contributed by atoms with Crippen molar-refractivity contribution < 1.29 is 9.90 Å². The zero-order chi connectivity index (χ0) is 19.9. The van der Waals surface area contributed by atoms with Gasteiger partial charge in [0.1, 0.15) is 6.54 Å². The lowest BCUT2D eigenvalue weighted by Crippen LogP contribution is -2.55. The van der Waals surface area contributed by atoms with Gasteiger partial charge in [0, 0.05) is 39.3 Å². The molecule has 8 nitrogen and oxygen atoms in total. The molecule has 1 fully saturated rings. The average Bonchev–Trinajstić information content (AvgIpc) is 3.12. The van der Waals surface area contributed by atoms with Crippen LogP contribution in [0.1, 0.15) is 12.5 Å². The highest BCUT2D eigenvalue weighted by Crippen LogP contribution is 2.16. The van der Waals surface area contributed by atoms with E-state index in [-0.39, 0.29) is 19.0 Å². The Morgan fingerprint density at radius 1 is 1.32 bits per heavy atom. The quantitative estimate of drug-likeness (QED) is 0.564.